The summed E-state index contributed by atoms with van der Waals surface area (Å²) in [6.07, 6.45) is 0. The van der Waals surface area contributed by atoms with Crippen LogP contribution in [0, 0.1) is 0 Å². The fourth-order valence-corrected chi connectivity index (χ4v) is 2.97. The average molecular weight is 384 g/mol. The van der Waals surface area contributed by atoms with Gasteiger partial charge in [-0.3, -0.25) is 9.79 Å². The van der Waals surface area contributed by atoms with E-state index in [0.717, 1.165) is 5.56 Å². The topological polar surface area (TPSA) is 66.8 Å². The van der Waals surface area contributed by atoms with Gasteiger partial charge in [-0.15, -0.1) is 0 Å². The lowest BCUT2D eigenvalue weighted by molar-refractivity contribution is 0.281. The fourth-order valence-electron chi connectivity index (χ4n) is 2.56. The van der Waals surface area contributed by atoms with E-state index in [9.17, 15) is 4.57 Å². The van der Waals surface area contributed by atoms with E-state index in [1.807, 2.05) is 39.0 Å². The molecule has 5 heteroatoms. The first-order chi connectivity index (χ1) is 12.7. The Bertz CT molecular complexity index is 843. The Hall–Kier alpha value is -2.39. The van der Waals surface area contributed by atoms with E-state index in [2.05, 4.69) is 53.1 Å². The second-order valence-corrected chi connectivity index (χ2v) is 8.22. The Kier molecular flexibility index (Phi) is 6.98. The normalized spacial score (nSPS) is 11.3. The Morgan fingerprint density at radius 3 is 1.52 bits per heavy atom. The number of rotatable bonds is 3. The minimum atomic E-state index is -4.48. The number of phosphoric acid groups is 1. The summed E-state index contributed by atoms with van der Waals surface area (Å²) in [5.41, 5.74) is 3.11. The minimum Gasteiger partial charge on any atom is -0.404 e. The maximum Gasteiger partial charge on any atom is 0.524 e. The van der Waals surface area contributed by atoms with Crippen molar-refractivity contribution in [1.29, 1.82) is 0 Å². The van der Waals surface area contributed by atoms with Crippen molar-refractivity contribution in [3.8, 4) is 16.9 Å². The van der Waals surface area contributed by atoms with Crippen molar-refractivity contribution >= 4 is 7.82 Å². The number of hydrogen-bond donors (Lipinski definition) is 2. The Balaban J connectivity index is 0.000000198. The maximum absolute atomic E-state index is 10.8. The summed E-state index contributed by atoms with van der Waals surface area (Å²) < 4.78 is 15.4. The van der Waals surface area contributed by atoms with Gasteiger partial charge in [-0.25, -0.2) is 4.57 Å². The van der Waals surface area contributed by atoms with Gasteiger partial charge in [0, 0.05) is 5.56 Å². The third-order valence-corrected chi connectivity index (χ3v) is 4.23. The van der Waals surface area contributed by atoms with E-state index >= 15 is 0 Å². The van der Waals surface area contributed by atoms with Crippen molar-refractivity contribution in [3.63, 3.8) is 0 Å². The maximum atomic E-state index is 10.8. The van der Waals surface area contributed by atoms with Crippen molar-refractivity contribution in [2.75, 3.05) is 0 Å². The Morgan fingerprint density at radius 1 is 0.704 bits per heavy atom. The average Bonchev–Trinajstić information content (AvgIpc) is 2.62. The van der Waals surface area contributed by atoms with Gasteiger partial charge in [-0.2, -0.15) is 0 Å². The molecule has 0 amide bonds. The van der Waals surface area contributed by atoms with E-state index in [0.29, 0.717) is 0 Å². The molecule has 0 aromatic heterocycles. The lowest BCUT2D eigenvalue weighted by Crippen LogP contribution is -2.12. The summed E-state index contributed by atoms with van der Waals surface area (Å²) in [5.74, 6) is 0.235. The molecule has 0 heterocycles. The third kappa shape index (κ3) is 7.03. The Morgan fingerprint density at radius 2 is 1.11 bits per heavy atom. The largest absolute Gasteiger partial charge is 0.524 e. The zero-order valence-electron chi connectivity index (χ0n) is 15.7. The number of benzene rings is 3. The van der Waals surface area contributed by atoms with Crippen LogP contribution in [0.4, 0.5) is 0 Å². The van der Waals surface area contributed by atoms with E-state index < -0.39 is 7.82 Å². The van der Waals surface area contributed by atoms with Crippen LogP contribution in [0.25, 0.3) is 11.1 Å². The van der Waals surface area contributed by atoms with E-state index in [1.165, 1.54) is 11.1 Å². The van der Waals surface area contributed by atoms with Crippen LogP contribution in [0.2, 0.25) is 0 Å². The van der Waals surface area contributed by atoms with Gasteiger partial charge in [0.1, 0.15) is 5.75 Å². The highest BCUT2D eigenvalue weighted by Gasteiger charge is 2.23. The van der Waals surface area contributed by atoms with E-state index in [-0.39, 0.29) is 11.2 Å². The number of para-hydroxylation sites is 1. The van der Waals surface area contributed by atoms with Gasteiger partial charge in [0.25, 0.3) is 0 Å². The molecule has 0 radical (unpaired) electrons. The summed E-state index contributed by atoms with van der Waals surface area (Å²) in [4.78, 5) is 17.5. The molecule has 0 saturated heterocycles. The molecule has 0 aliphatic rings. The predicted molar refractivity (Wildman–Crippen MR) is 110 cm³/mol. The van der Waals surface area contributed by atoms with Gasteiger partial charge in [-0.1, -0.05) is 99.6 Å². The van der Waals surface area contributed by atoms with E-state index in [4.69, 9.17) is 9.79 Å². The van der Waals surface area contributed by atoms with Crippen LogP contribution in [0.3, 0.4) is 0 Å². The second kappa shape index (κ2) is 9.01. The molecule has 3 aromatic rings. The van der Waals surface area contributed by atoms with Crippen LogP contribution in [0.15, 0.2) is 84.9 Å². The monoisotopic (exact) mass is 384 g/mol. The molecule has 0 unspecified atom stereocenters. The lowest BCUT2D eigenvalue weighted by atomic mass is 9.86. The van der Waals surface area contributed by atoms with Crippen molar-refractivity contribution in [1.82, 2.24) is 0 Å². The van der Waals surface area contributed by atoms with Gasteiger partial charge in [-0.05, 0) is 22.6 Å². The molecule has 3 aromatic carbocycles. The summed E-state index contributed by atoms with van der Waals surface area (Å²) >= 11 is 0. The van der Waals surface area contributed by atoms with Gasteiger partial charge < -0.3 is 4.52 Å². The quantitative estimate of drug-likeness (QED) is 0.559. The van der Waals surface area contributed by atoms with Gasteiger partial charge in [0.2, 0.25) is 0 Å². The van der Waals surface area contributed by atoms with Gasteiger partial charge in [0.05, 0.1) is 0 Å². The van der Waals surface area contributed by atoms with Crippen LogP contribution < -0.4 is 4.52 Å². The zero-order chi connectivity index (χ0) is 19.9. The molecule has 0 bridgehead atoms. The first kappa shape index (κ1) is 20.9. The lowest BCUT2D eigenvalue weighted by Gasteiger charge is -2.22. The zero-order valence-corrected chi connectivity index (χ0v) is 16.6. The molecular formula is C22H25O4P. The van der Waals surface area contributed by atoms with Crippen LogP contribution in [-0.4, -0.2) is 9.79 Å². The van der Waals surface area contributed by atoms with Gasteiger partial charge >= 0.3 is 7.82 Å². The smallest absolute Gasteiger partial charge is 0.404 e. The predicted octanol–water partition coefficient (Wildman–Crippen LogP) is 5.81. The molecule has 0 aliphatic heterocycles. The van der Waals surface area contributed by atoms with E-state index in [1.54, 1.807) is 18.2 Å². The molecule has 0 atom stereocenters. The molecule has 2 N–H and O–H groups in total. The van der Waals surface area contributed by atoms with Gasteiger partial charge in [0.15, 0.2) is 0 Å². The SMILES string of the molecule is CC(C)(C)c1ccccc1OP(=O)(O)O.c1ccc(-c2ccccc2)cc1. The molecular weight excluding hydrogens is 359 g/mol. The summed E-state index contributed by atoms with van der Waals surface area (Å²) in [6, 6.07) is 27.6. The van der Waals surface area contributed by atoms with Crippen molar-refractivity contribution in [2.45, 2.75) is 26.2 Å². The highest BCUT2D eigenvalue weighted by molar-refractivity contribution is 7.46. The number of hydrogen-bond acceptors (Lipinski definition) is 2. The molecule has 0 aliphatic carbocycles. The fraction of sp³-hybridized carbons (Fsp3) is 0.182. The van der Waals surface area contributed by atoms with Crippen molar-refractivity contribution in [3.05, 3.63) is 90.5 Å². The Labute approximate surface area is 160 Å². The van der Waals surface area contributed by atoms with Crippen LogP contribution in [0.5, 0.6) is 5.75 Å². The molecule has 0 fully saturated rings. The number of phosphoric ester groups is 1. The molecule has 4 nitrogen and oxygen atoms in total. The van der Waals surface area contributed by atoms with Crippen LogP contribution >= 0.6 is 7.82 Å². The molecule has 27 heavy (non-hydrogen) atoms. The molecule has 3 rings (SSSR count). The standard InChI is InChI=1S/C12H10.C10H15O4P/c1-3-7-11(8-4-1)12-9-5-2-6-10-12;1-10(2,3)8-6-4-5-7-9(8)14-15(11,12)13/h1-10H;4-7H,1-3H3,(H2,11,12,13). The van der Waals surface area contributed by atoms with Crippen LogP contribution in [0.1, 0.15) is 26.3 Å². The van der Waals surface area contributed by atoms with Crippen molar-refractivity contribution in [2.24, 2.45) is 0 Å². The molecule has 142 valence electrons. The summed E-state index contributed by atoms with van der Waals surface area (Å²) in [6.45, 7) is 5.86. The second-order valence-electron chi connectivity index (χ2n) is 7.06. The minimum absolute atomic E-state index is 0.217. The highest BCUT2D eigenvalue weighted by Crippen LogP contribution is 2.41. The third-order valence-electron chi connectivity index (χ3n) is 3.79. The molecule has 0 saturated carbocycles. The first-order valence-electron chi connectivity index (χ1n) is 8.62. The van der Waals surface area contributed by atoms with Crippen molar-refractivity contribution < 1.29 is 18.9 Å². The summed E-state index contributed by atoms with van der Waals surface area (Å²) in [5, 5.41) is 0. The summed E-state index contributed by atoms with van der Waals surface area (Å²) in [7, 11) is -4.48. The molecule has 0 spiro atoms. The first-order valence-corrected chi connectivity index (χ1v) is 10.1. The van der Waals surface area contributed by atoms with Crippen LogP contribution in [-0.2, 0) is 9.98 Å². The highest BCUT2D eigenvalue weighted by atomic mass is 31.2.